The summed E-state index contributed by atoms with van der Waals surface area (Å²) in [6.45, 7) is 0.147. The molecule has 3 saturated heterocycles. The monoisotopic (exact) mass is 870 g/mol. The van der Waals surface area contributed by atoms with Gasteiger partial charge in [-0.25, -0.2) is 4.79 Å². The Labute approximate surface area is 352 Å². The van der Waals surface area contributed by atoms with E-state index in [0.29, 0.717) is 11.1 Å². The van der Waals surface area contributed by atoms with Crippen LogP contribution in [0.1, 0.15) is 18.1 Å². The number of hydrogen-bond acceptors (Lipinski definition) is 20. The highest BCUT2D eigenvalue weighted by atomic mass is 16.7. The molecule has 10 N–H and O–H groups in total. The number of carbonyl (C=O) groups excluding carboxylic acids is 2. The third kappa shape index (κ3) is 9.62. The summed E-state index contributed by atoms with van der Waals surface area (Å²) in [5.41, 5.74) is 1.07. The summed E-state index contributed by atoms with van der Waals surface area (Å²) in [4.78, 5) is 24.5. The predicted molar refractivity (Wildman–Crippen MR) is 207 cm³/mol. The van der Waals surface area contributed by atoms with E-state index in [4.69, 9.17) is 37.9 Å². The van der Waals surface area contributed by atoms with Crippen LogP contribution < -0.4 is 9.47 Å². The fourth-order valence-corrected chi connectivity index (χ4v) is 7.10. The lowest BCUT2D eigenvalue weighted by atomic mass is 9.98. The van der Waals surface area contributed by atoms with Gasteiger partial charge >= 0.3 is 5.97 Å². The van der Waals surface area contributed by atoms with Crippen molar-refractivity contribution in [3.8, 4) is 17.2 Å². The highest BCUT2D eigenvalue weighted by Gasteiger charge is 2.49. The van der Waals surface area contributed by atoms with Crippen LogP contribution in [0.3, 0.4) is 0 Å². The van der Waals surface area contributed by atoms with E-state index in [0.717, 1.165) is 6.08 Å². The molecular weight excluding hydrogens is 824 g/mol. The van der Waals surface area contributed by atoms with Crippen molar-refractivity contribution in [3.05, 3.63) is 101 Å². The summed E-state index contributed by atoms with van der Waals surface area (Å²) in [6, 6.07) is 10.5. The van der Waals surface area contributed by atoms with E-state index in [2.05, 4.69) is 0 Å². The first-order chi connectivity index (χ1) is 29.6. The van der Waals surface area contributed by atoms with Crippen molar-refractivity contribution >= 4 is 23.9 Å². The number of fused-ring (bicyclic) bond motifs is 1. The first kappa shape index (κ1) is 45.0. The Morgan fingerprint density at radius 2 is 1.35 bits per heavy atom. The second kappa shape index (κ2) is 19.1. The molecule has 15 atom stereocenters. The number of aliphatic hydroxyl groups excluding tert-OH is 9. The zero-order valence-electron chi connectivity index (χ0n) is 32.7. The molecule has 4 heterocycles. The molecule has 334 valence electrons. The van der Waals surface area contributed by atoms with Crippen molar-refractivity contribution in [2.75, 3.05) is 13.2 Å². The molecule has 7 rings (SSSR count). The van der Waals surface area contributed by atoms with Gasteiger partial charge in [-0.3, -0.25) is 4.79 Å². The minimum Gasteiger partial charge on any atom is -0.508 e. The van der Waals surface area contributed by atoms with E-state index >= 15 is 0 Å². The van der Waals surface area contributed by atoms with Gasteiger partial charge in [-0.15, -0.1) is 0 Å². The molecule has 0 aromatic heterocycles. The zero-order chi connectivity index (χ0) is 44.4. The molecule has 0 saturated carbocycles. The molecule has 0 amide bonds. The first-order valence-electron chi connectivity index (χ1n) is 19.4. The summed E-state index contributed by atoms with van der Waals surface area (Å²) in [7, 11) is 0. The molecule has 2 aromatic rings. The number of hydrogen-bond donors (Lipinski definition) is 10. The molecular formula is C42H46O20. The largest absolute Gasteiger partial charge is 0.508 e. The first-order valence-corrected chi connectivity index (χ1v) is 19.4. The van der Waals surface area contributed by atoms with Gasteiger partial charge in [-0.05, 0) is 73.2 Å². The molecule has 2 aromatic carbocycles. The van der Waals surface area contributed by atoms with Gasteiger partial charge in [0, 0.05) is 11.6 Å². The number of phenols is 1. The zero-order valence-corrected chi connectivity index (χ0v) is 32.7. The van der Waals surface area contributed by atoms with Gasteiger partial charge in [0.15, 0.2) is 29.7 Å². The number of ether oxygens (including phenoxy) is 8. The Morgan fingerprint density at radius 3 is 2.03 bits per heavy atom. The topological polar surface area (TPSA) is 310 Å². The van der Waals surface area contributed by atoms with Gasteiger partial charge in [-0.1, -0.05) is 18.2 Å². The third-order valence-corrected chi connectivity index (χ3v) is 10.6. The van der Waals surface area contributed by atoms with Gasteiger partial charge in [0.1, 0.15) is 78.3 Å². The Hall–Kier alpha value is -5.04. The van der Waals surface area contributed by atoms with E-state index in [-0.39, 0.29) is 40.1 Å². The van der Waals surface area contributed by atoms with E-state index < -0.39 is 111 Å². The second-order valence-electron chi connectivity index (χ2n) is 14.9. The van der Waals surface area contributed by atoms with Crippen LogP contribution in [0.25, 0.3) is 12.2 Å². The summed E-state index contributed by atoms with van der Waals surface area (Å²) in [5.74, 6) is -1.13. The molecule has 0 spiro atoms. The fraction of sp³-hybridized carbons (Fsp3) is 0.429. The molecule has 20 nitrogen and oxygen atoms in total. The van der Waals surface area contributed by atoms with E-state index in [1.165, 1.54) is 67.6 Å². The van der Waals surface area contributed by atoms with Crippen LogP contribution in [-0.4, -0.2) is 168 Å². The molecule has 62 heavy (non-hydrogen) atoms. The lowest BCUT2D eigenvalue weighted by Gasteiger charge is -2.43. The van der Waals surface area contributed by atoms with Crippen molar-refractivity contribution in [1.29, 1.82) is 0 Å². The number of esters is 1. The Kier molecular flexibility index (Phi) is 13.9. The number of phenolic OH excluding ortho intramolecular Hbond substituents is 1. The van der Waals surface area contributed by atoms with Crippen LogP contribution in [0.2, 0.25) is 0 Å². The molecule has 1 aliphatic carbocycles. The number of carbonyl (C=O) groups is 2. The van der Waals surface area contributed by atoms with E-state index in [9.17, 15) is 60.7 Å². The molecule has 5 aliphatic rings. The lowest BCUT2D eigenvalue weighted by molar-refractivity contribution is -0.324. The fourth-order valence-electron chi connectivity index (χ4n) is 7.10. The quantitative estimate of drug-likeness (QED) is 0.0879. The molecule has 3 fully saturated rings. The highest BCUT2D eigenvalue weighted by molar-refractivity contribution is 6.01. The maximum atomic E-state index is 12.5. The van der Waals surface area contributed by atoms with E-state index in [1.54, 1.807) is 18.2 Å². The lowest BCUT2D eigenvalue weighted by Crippen LogP contribution is -2.61. The van der Waals surface area contributed by atoms with Crippen molar-refractivity contribution in [2.45, 2.75) is 99.0 Å². The molecule has 0 bridgehead atoms. The van der Waals surface area contributed by atoms with Crippen molar-refractivity contribution in [2.24, 2.45) is 0 Å². The third-order valence-electron chi connectivity index (χ3n) is 10.6. The number of benzene rings is 2. The van der Waals surface area contributed by atoms with Gasteiger partial charge in [0.2, 0.25) is 12.6 Å². The number of rotatable bonds is 11. The van der Waals surface area contributed by atoms with Crippen molar-refractivity contribution in [1.82, 2.24) is 0 Å². The predicted octanol–water partition coefficient (Wildman–Crippen LogP) is -1.81. The Balaban J connectivity index is 1.06. The minimum absolute atomic E-state index is 0.000459. The molecule has 4 aliphatic heterocycles. The Morgan fingerprint density at radius 1 is 0.726 bits per heavy atom. The smallest absolute Gasteiger partial charge is 0.331 e. The maximum absolute atomic E-state index is 12.5. The molecule has 20 heteroatoms. The van der Waals surface area contributed by atoms with Crippen LogP contribution in [0.15, 0.2) is 89.9 Å². The molecule has 0 radical (unpaired) electrons. The number of allylic oxidation sites excluding steroid dienone is 5. The summed E-state index contributed by atoms with van der Waals surface area (Å²) in [6.07, 6.45) is -14.9. The van der Waals surface area contributed by atoms with Crippen LogP contribution in [0.5, 0.6) is 17.2 Å². The van der Waals surface area contributed by atoms with Crippen LogP contribution in [0, 0.1) is 0 Å². The molecule has 0 unspecified atom stereocenters. The van der Waals surface area contributed by atoms with E-state index in [1.807, 2.05) is 0 Å². The summed E-state index contributed by atoms with van der Waals surface area (Å²) in [5, 5.41) is 105. The van der Waals surface area contributed by atoms with Crippen molar-refractivity contribution < 1.29 is 98.5 Å². The van der Waals surface area contributed by atoms with Gasteiger partial charge in [-0.2, -0.15) is 0 Å². The van der Waals surface area contributed by atoms with Crippen molar-refractivity contribution in [3.63, 3.8) is 0 Å². The Bertz CT molecular complexity index is 2080. The number of ketones is 1. The average molecular weight is 871 g/mol. The highest BCUT2D eigenvalue weighted by Crippen LogP contribution is 2.42. The van der Waals surface area contributed by atoms with Crippen LogP contribution >= 0.6 is 0 Å². The standard InChI is InChI=1S/C42H46O20/c1-18-38(62-29(46)14-7-19-5-10-21(44)11-6-19)34(51)37(54)40(56-18)55-17-28-31(48)33(50)36(53)42(61-28)59-26-15-23-24(57-39(26)20-8-12-22(45)13-9-20)3-2-4-25(23)58-41-35(52)32(49)30(47)27(16-43)60-41/h2-15,18,27-28,30-38,40-44,47-54H,16-17H2,1H3/t18-,27+,28+,30+,31+,32-,33-,34-,35+,36+,37+,38-,40+,41+,42+/m0/s1. The van der Waals surface area contributed by atoms with Gasteiger partial charge in [0.25, 0.3) is 0 Å². The van der Waals surface area contributed by atoms with Gasteiger partial charge in [0.05, 0.1) is 24.9 Å². The average Bonchev–Trinajstić information content (AvgIpc) is 3.26. The van der Waals surface area contributed by atoms with Crippen LogP contribution in [0.4, 0.5) is 0 Å². The number of aromatic hydroxyl groups is 1. The van der Waals surface area contributed by atoms with Gasteiger partial charge < -0.3 is 89.0 Å². The normalized spacial score (nSPS) is 35.9. The minimum atomic E-state index is -1.90. The summed E-state index contributed by atoms with van der Waals surface area (Å²) >= 11 is 0. The van der Waals surface area contributed by atoms with Crippen LogP contribution in [-0.2, 0) is 38.0 Å². The second-order valence-corrected chi connectivity index (χ2v) is 14.9. The SMILES string of the molecule is C[C@@H]1O[C@@H](OC[C@H]2O[C@@H](OC3=Cc4c(cccc4O[C@@H]4O[C@H](CO)[C@@H](O)[C@H](O)[C@H]4O)OC3=C3C=CC(=O)C=C3)[C@H](O)[C@@H](O)[C@@H]2O)[C@H](O)[C@H](O)[C@H]1OC(=O)C=Cc1ccc(O)cc1. The maximum Gasteiger partial charge on any atom is 0.331 e. The number of aliphatic hydroxyl groups is 9. The summed E-state index contributed by atoms with van der Waals surface area (Å²) < 4.78 is 46.4.